The van der Waals surface area contributed by atoms with Crippen LogP contribution in [-0.4, -0.2) is 62.2 Å². The van der Waals surface area contributed by atoms with Gasteiger partial charge in [-0.2, -0.15) is 0 Å². The van der Waals surface area contributed by atoms with Crippen molar-refractivity contribution in [2.24, 2.45) is 0 Å². The molecule has 21 heavy (non-hydrogen) atoms. The van der Waals surface area contributed by atoms with Gasteiger partial charge in [-0.25, -0.2) is 9.78 Å². The van der Waals surface area contributed by atoms with E-state index in [0.717, 1.165) is 0 Å². The predicted molar refractivity (Wildman–Crippen MR) is 80.7 cm³/mol. The Kier molecular flexibility index (Phi) is 4.51. The van der Waals surface area contributed by atoms with Gasteiger partial charge in [0.05, 0.1) is 13.2 Å². The van der Waals surface area contributed by atoms with Crippen LogP contribution in [0.1, 0.15) is 16.1 Å². The molecule has 2 rings (SSSR count). The third-order valence-corrected chi connectivity index (χ3v) is 4.43. The summed E-state index contributed by atoms with van der Waals surface area (Å²) in [4.78, 5) is 31.7. The zero-order chi connectivity index (χ0) is 15.6. The fourth-order valence-electron chi connectivity index (χ4n) is 2.10. The van der Waals surface area contributed by atoms with Gasteiger partial charge in [-0.15, -0.1) is 0 Å². The molecule has 0 radical (unpaired) electrons. The zero-order valence-corrected chi connectivity index (χ0v) is 13.1. The molecule has 1 atom stereocenters. The Bertz CT molecular complexity index is 545. The predicted octanol–water partition coefficient (Wildman–Crippen LogP) is 0.362. The van der Waals surface area contributed by atoms with E-state index >= 15 is 0 Å². The van der Waals surface area contributed by atoms with Gasteiger partial charge in [-0.05, 0) is 6.42 Å². The van der Waals surface area contributed by atoms with E-state index in [-0.39, 0.29) is 17.8 Å². The van der Waals surface area contributed by atoms with Crippen LogP contribution in [0.2, 0.25) is 0 Å². The SMILES string of the molecule is COC(=O)NC1CCN(C(=O)c2sc(N(C)C)nc2N)C1. The molecule has 3 N–H and O–H groups in total. The second-order valence-electron chi connectivity index (χ2n) is 4.98. The number of nitrogens with one attached hydrogen (secondary N) is 1. The molecule has 0 spiro atoms. The highest BCUT2D eigenvalue weighted by molar-refractivity contribution is 7.18. The number of alkyl carbamates (subject to hydrolysis) is 1. The number of likely N-dealkylation sites (tertiary alicyclic amines) is 1. The number of thiazole rings is 1. The fraction of sp³-hybridized carbons (Fsp3) is 0.583. The summed E-state index contributed by atoms with van der Waals surface area (Å²) in [5.41, 5.74) is 5.82. The number of carbonyl (C=O) groups is 2. The molecular weight excluding hydrogens is 294 g/mol. The maximum atomic E-state index is 12.5. The normalized spacial score (nSPS) is 17.7. The first kappa shape index (κ1) is 15.4. The quantitative estimate of drug-likeness (QED) is 0.836. The van der Waals surface area contributed by atoms with Crippen LogP contribution in [0.5, 0.6) is 0 Å². The van der Waals surface area contributed by atoms with E-state index in [0.29, 0.717) is 29.5 Å². The maximum absolute atomic E-state index is 12.5. The Morgan fingerprint density at radius 3 is 2.81 bits per heavy atom. The van der Waals surface area contributed by atoms with Gasteiger partial charge >= 0.3 is 6.09 Å². The number of nitrogens with zero attached hydrogens (tertiary/aromatic N) is 3. The van der Waals surface area contributed by atoms with Crippen molar-refractivity contribution in [3.05, 3.63) is 4.88 Å². The van der Waals surface area contributed by atoms with E-state index in [1.165, 1.54) is 18.4 Å². The Labute approximate surface area is 126 Å². The maximum Gasteiger partial charge on any atom is 0.407 e. The fourth-order valence-corrected chi connectivity index (χ4v) is 2.97. The van der Waals surface area contributed by atoms with E-state index in [4.69, 9.17) is 5.73 Å². The topological polar surface area (TPSA) is 101 Å². The van der Waals surface area contributed by atoms with E-state index in [1.807, 2.05) is 19.0 Å². The van der Waals surface area contributed by atoms with Crippen LogP contribution >= 0.6 is 11.3 Å². The van der Waals surface area contributed by atoms with Crippen molar-refractivity contribution in [2.75, 3.05) is 44.9 Å². The van der Waals surface area contributed by atoms with Crippen LogP contribution in [0.15, 0.2) is 0 Å². The van der Waals surface area contributed by atoms with Gasteiger partial charge in [0.25, 0.3) is 5.91 Å². The first-order valence-corrected chi connectivity index (χ1v) is 7.31. The number of rotatable bonds is 3. The van der Waals surface area contributed by atoms with Crippen molar-refractivity contribution in [3.8, 4) is 0 Å². The third-order valence-electron chi connectivity index (χ3n) is 3.20. The van der Waals surface area contributed by atoms with Crippen molar-refractivity contribution >= 4 is 34.3 Å². The van der Waals surface area contributed by atoms with Crippen LogP contribution in [0.3, 0.4) is 0 Å². The molecule has 0 aromatic carbocycles. The average Bonchev–Trinajstić information content (AvgIpc) is 3.04. The lowest BCUT2D eigenvalue weighted by Crippen LogP contribution is -2.38. The van der Waals surface area contributed by atoms with Gasteiger partial charge in [0.15, 0.2) is 5.13 Å². The van der Waals surface area contributed by atoms with E-state index < -0.39 is 6.09 Å². The molecule has 0 saturated carbocycles. The first-order chi connectivity index (χ1) is 9.92. The number of ether oxygens (including phenoxy) is 1. The minimum absolute atomic E-state index is 0.0936. The van der Waals surface area contributed by atoms with E-state index in [2.05, 4.69) is 15.0 Å². The Morgan fingerprint density at radius 1 is 1.52 bits per heavy atom. The Balaban J connectivity index is 2.03. The molecule has 9 heteroatoms. The van der Waals surface area contributed by atoms with Crippen molar-refractivity contribution in [1.82, 2.24) is 15.2 Å². The largest absolute Gasteiger partial charge is 0.453 e. The van der Waals surface area contributed by atoms with Gasteiger partial charge in [-0.3, -0.25) is 4.79 Å². The van der Waals surface area contributed by atoms with Gasteiger partial charge in [0.2, 0.25) is 0 Å². The van der Waals surface area contributed by atoms with Crippen LogP contribution in [-0.2, 0) is 4.74 Å². The first-order valence-electron chi connectivity index (χ1n) is 6.49. The molecule has 1 fully saturated rings. The molecule has 2 heterocycles. The minimum Gasteiger partial charge on any atom is -0.453 e. The van der Waals surface area contributed by atoms with E-state index in [1.54, 1.807) is 4.90 Å². The Morgan fingerprint density at radius 2 is 2.24 bits per heavy atom. The van der Waals surface area contributed by atoms with Crippen LogP contribution in [0.25, 0.3) is 0 Å². The molecule has 116 valence electrons. The number of nitrogens with two attached hydrogens (primary N) is 1. The van der Waals surface area contributed by atoms with Crippen molar-refractivity contribution < 1.29 is 14.3 Å². The van der Waals surface area contributed by atoms with Crippen molar-refractivity contribution in [2.45, 2.75) is 12.5 Å². The van der Waals surface area contributed by atoms with Gasteiger partial charge < -0.3 is 25.6 Å². The second-order valence-corrected chi connectivity index (χ2v) is 5.96. The molecule has 0 bridgehead atoms. The molecule has 1 aliphatic heterocycles. The van der Waals surface area contributed by atoms with Gasteiger partial charge in [0, 0.05) is 27.2 Å². The number of methoxy groups -OCH3 is 1. The van der Waals surface area contributed by atoms with Gasteiger partial charge in [-0.1, -0.05) is 11.3 Å². The highest BCUT2D eigenvalue weighted by Crippen LogP contribution is 2.28. The summed E-state index contributed by atoms with van der Waals surface area (Å²) in [7, 11) is 5.01. The van der Waals surface area contributed by atoms with Crippen LogP contribution in [0, 0.1) is 0 Å². The summed E-state index contributed by atoms with van der Waals surface area (Å²) < 4.78 is 4.55. The second kappa shape index (κ2) is 6.17. The lowest BCUT2D eigenvalue weighted by Gasteiger charge is -2.16. The summed E-state index contributed by atoms with van der Waals surface area (Å²) in [6.45, 7) is 1.02. The van der Waals surface area contributed by atoms with E-state index in [9.17, 15) is 9.59 Å². The summed E-state index contributed by atoms with van der Waals surface area (Å²) >= 11 is 1.27. The summed E-state index contributed by atoms with van der Waals surface area (Å²) in [5, 5.41) is 3.39. The minimum atomic E-state index is -0.485. The Hall–Kier alpha value is -2.03. The molecular formula is C12H19N5O3S. The molecule has 0 aliphatic carbocycles. The zero-order valence-electron chi connectivity index (χ0n) is 12.3. The average molecular weight is 313 g/mol. The number of nitrogen functional groups attached to an aromatic ring is 1. The standard InChI is InChI=1S/C12H19N5O3S/c1-16(2)11-15-9(13)8(21-11)10(18)17-5-4-7(6-17)14-12(19)20-3/h7H,4-6,13H2,1-3H3,(H,14,19). The highest BCUT2D eigenvalue weighted by Gasteiger charge is 2.30. The smallest absolute Gasteiger partial charge is 0.407 e. The number of hydrogen-bond donors (Lipinski definition) is 2. The van der Waals surface area contributed by atoms with Crippen LogP contribution in [0.4, 0.5) is 15.7 Å². The monoisotopic (exact) mass is 313 g/mol. The van der Waals surface area contributed by atoms with Gasteiger partial charge in [0.1, 0.15) is 10.7 Å². The summed E-state index contributed by atoms with van der Waals surface area (Å²) in [5.74, 6) is 0.102. The number of carbonyl (C=O) groups excluding carboxylic acids is 2. The van der Waals surface area contributed by atoms with Crippen LogP contribution < -0.4 is 16.0 Å². The molecule has 8 nitrogen and oxygen atoms in total. The number of amides is 2. The number of aromatic nitrogens is 1. The van der Waals surface area contributed by atoms with Crippen molar-refractivity contribution in [3.63, 3.8) is 0 Å². The van der Waals surface area contributed by atoms with Crippen molar-refractivity contribution in [1.29, 1.82) is 0 Å². The number of anilines is 2. The molecule has 2 amide bonds. The molecule has 1 saturated heterocycles. The molecule has 1 unspecified atom stereocenters. The highest BCUT2D eigenvalue weighted by atomic mass is 32.1. The molecule has 1 aromatic rings. The molecule has 1 aliphatic rings. The third kappa shape index (κ3) is 3.35. The lowest BCUT2D eigenvalue weighted by atomic mass is 10.3. The lowest BCUT2D eigenvalue weighted by molar-refractivity contribution is 0.0793. The number of hydrogen-bond acceptors (Lipinski definition) is 7. The molecule has 1 aromatic heterocycles. The summed E-state index contributed by atoms with van der Waals surface area (Å²) in [6.07, 6.45) is 0.210. The summed E-state index contributed by atoms with van der Waals surface area (Å²) in [6, 6.07) is -0.0936.